The lowest BCUT2D eigenvalue weighted by molar-refractivity contribution is -0.128. The van der Waals surface area contributed by atoms with Crippen molar-refractivity contribution in [2.45, 2.75) is 25.0 Å². The number of rotatable bonds is 4. The number of Topliss-reactive ketones (excluding diaryl/α,β-unsaturated/α-hetero) is 1. The van der Waals surface area contributed by atoms with Gasteiger partial charge in [-0.25, -0.2) is 4.39 Å². The highest BCUT2D eigenvalue weighted by molar-refractivity contribution is 6.30. The fraction of sp³-hybridized carbons (Fsp3) is 0.263. The Labute approximate surface area is 148 Å². The Bertz CT molecular complexity index is 885. The second-order valence-electron chi connectivity index (χ2n) is 6.42. The van der Waals surface area contributed by atoms with Crippen LogP contribution < -0.4 is 10.1 Å². The average Bonchev–Trinajstić information content (AvgIpc) is 3.16. The van der Waals surface area contributed by atoms with Crippen molar-refractivity contribution in [3.05, 3.63) is 64.4 Å². The highest BCUT2D eigenvalue weighted by Crippen LogP contribution is 2.58. The van der Waals surface area contributed by atoms with Gasteiger partial charge in [0, 0.05) is 16.5 Å². The van der Waals surface area contributed by atoms with Crippen LogP contribution in [-0.2, 0) is 9.59 Å². The molecule has 1 amide bonds. The summed E-state index contributed by atoms with van der Waals surface area (Å²) in [6.45, 7) is 1.42. The molecular weight excluding hydrogens is 345 g/mol. The van der Waals surface area contributed by atoms with Crippen LogP contribution in [0, 0.1) is 11.7 Å². The maximum absolute atomic E-state index is 13.4. The van der Waals surface area contributed by atoms with Crippen molar-refractivity contribution in [2.75, 3.05) is 0 Å². The number of fused-ring (bicyclic) bond motifs is 3. The molecule has 4 atom stereocenters. The smallest absolute Gasteiger partial charge is 0.228 e. The van der Waals surface area contributed by atoms with Gasteiger partial charge in [0.1, 0.15) is 23.7 Å². The number of amides is 1. The van der Waals surface area contributed by atoms with Gasteiger partial charge in [0.2, 0.25) is 5.91 Å². The van der Waals surface area contributed by atoms with E-state index < -0.39 is 12.0 Å². The molecule has 1 fully saturated rings. The third kappa shape index (κ3) is 2.78. The minimum atomic E-state index is -0.764. The minimum Gasteiger partial charge on any atom is -0.489 e. The molecule has 0 radical (unpaired) electrons. The van der Waals surface area contributed by atoms with Crippen molar-refractivity contribution >= 4 is 23.3 Å². The molecule has 1 N–H and O–H groups in total. The number of ketones is 1. The molecule has 6 heteroatoms. The molecule has 2 aromatic rings. The summed E-state index contributed by atoms with van der Waals surface area (Å²) >= 11 is 5.97. The van der Waals surface area contributed by atoms with Gasteiger partial charge in [0.25, 0.3) is 0 Å². The van der Waals surface area contributed by atoms with E-state index in [9.17, 15) is 14.0 Å². The monoisotopic (exact) mass is 359 g/mol. The second kappa shape index (κ2) is 5.85. The highest BCUT2D eigenvalue weighted by atomic mass is 35.5. The van der Waals surface area contributed by atoms with Gasteiger partial charge in [0.05, 0.1) is 5.92 Å². The third-order valence-electron chi connectivity index (χ3n) is 4.73. The summed E-state index contributed by atoms with van der Waals surface area (Å²) < 4.78 is 19.1. The lowest BCUT2D eigenvalue weighted by atomic mass is 10.0. The lowest BCUT2D eigenvalue weighted by Gasteiger charge is -2.17. The predicted octanol–water partition coefficient (Wildman–Crippen LogP) is 3.40. The molecule has 25 heavy (non-hydrogen) atoms. The van der Waals surface area contributed by atoms with Crippen LogP contribution in [0.3, 0.4) is 0 Å². The van der Waals surface area contributed by atoms with Gasteiger partial charge in [-0.05, 0) is 42.8 Å². The van der Waals surface area contributed by atoms with E-state index in [0.717, 1.165) is 0 Å². The summed E-state index contributed by atoms with van der Waals surface area (Å²) in [7, 11) is 0. The van der Waals surface area contributed by atoms with Crippen LogP contribution >= 0.6 is 11.6 Å². The summed E-state index contributed by atoms with van der Waals surface area (Å²) in [5.41, 5.74) is 1.35. The molecule has 4 unspecified atom stereocenters. The van der Waals surface area contributed by atoms with Crippen molar-refractivity contribution in [1.29, 1.82) is 0 Å². The number of nitrogens with one attached hydrogen (secondary N) is 1. The summed E-state index contributed by atoms with van der Waals surface area (Å²) in [6, 6.07) is 10.4. The Hall–Kier alpha value is -2.40. The first-order chi connectivity index (χ1) is 12.0. The maximum atomic E-state index is 13.4. The SMILES string of the molecule is CC(=O)C(NC(=O)C1C2Oc3ccc(F)cc3C21)c1cccc(Cl)c1. The van der Waals surface area contributed by atoms with Gasteiger partial charge < -0.3 is 10.1 Å². The Morgan fingerprint density at radius 2 is 2.04 bits per heavy atom. The van der Waals surface area contributed by atoms with E-state index in [1.165, 1.54) is 19.1 Å². The minimum absolute atomic E-state index is 0.155. The van der Waals surface area contributed by atoms with E-state index in [1.54, 1.807) is 30.3 Å². The fourth-order valence-corrected chi connectivity index (χ4v) is 3.69. The van der Waals surface area contributed by atoms with Gasteiger partial charge >= 0.3 is 0 Å². The Balaban J connectivity index is 1.52. The van der Waals surface area contributed by atoms with E-state index in [0.29, 0.717) is 21.9 Å². The van der Waals surface area contributed by atoms with Crippen LogP contribution in [0.4, 0.5) is 4.39 Å². The summed E-state index contributed by atoms with van der Waals surface area (Å²) in [5.74, 6) is -0.750. The van der Waals surface area contributed by atoms with Crippen LogP contribution in [-0.4, -0.2) is 17.8 Å². The Morgan fingerprint density at radius 3 is 2.76 bits per heavy atom. The first kappa shape index (κ1) is 16.1. The molecule has 2 aliphatic rings. The maximum Gasteiger partial charge on any atom is 0.228 e. The van der Waals surface area contributed by atoms with Crippen LogP contribution in [0.25, 0.3) is 0 Å². The van der Waals surface area contributed by atoms with Gasteiger partial charge in [-0.2, -0.15) is 0 Å². The third-order valence-corrected chi connectivity index (χ3v) is 4.96. The van der Waals surface area contributed by atoms with E-state index >= 15 is 0 Å². The van der Waals surface area contributed by atoms with Crippen LogP contribution in [0.5, 0.6) is 5.75 Å². The summed E-state index contributed by atoms with van der Waals surface area (Å²) in [4.78, 5) is 24.6. The Morgan fingerprint density at radius 1 is 1.24 bits per heavy atom. The predicted molar refractivity (Wildman–Crippen MR) is 90.1 cm³/mol. The molecule has 4 nitrogen and oxygen atoms in total. The van der Waals surface area contributed by atoms with Crippen molar-refractivity contribution in [3.63, 3.8) is 0 Å². The first-order valence-electron chi connectivity index (χ1n) is 7.98. The van der Waals surface area contributed by atoms with Crippen molar-refractivity contribution in [1.82, 2.24) is 5.32 Å². The largest absolute Gasteiger partial charge is 0.489 e. The van der Waals surface area contributed by atoms with E-state index in [-0.39, 0.29) is 29.5 Å². The molecule has 4 rings (SSSR count). The molecule has 2 aromatic carbocycles. The molecular formula is C19H15ClFNO3. The van der Waals surface area contributed by atoms with Crippen molar-refractivity contribution < 1.29 is 18.7 Å². The van der Waals surface area contributed by atoms with Gasteiger partial charge in [0.15, 0.2) is 5.78 Å². The van der Waals surface area contributed by atoms with Gasteiger partial charge in [-0.1, -0.05) is 23.7 Å². The number of halogens is 2. The van der Waals surface area contributed by atoms with E-state index in [1.807, 2.05) is 0 Å². The standard InChI is InChI=1S/C19H15ClFNO3/c1-9(23)17(10-3-2-4-11(20)7-10)22-19(24)16-15-13-8-12(21)5-6-14(13)25-18(15)16/h2-8,15-18H,1H3,(H,22,24). The number of benzene rings is 2. The average molecular weight is 360 g/mol. The van der Waals surface area contributed by atoms with Crippen molar-refractivity contribution in [2.24, 2.45) is 5.92 Å². The molecule has 0 aromatic heterocycles. The molecule has 1 aliphatic heterocycles. The normalized spacial score (nSPS) is 23.9. The van der Waals surface area contributed by atoms with Crippen LogP contribution in [0.2, 0.25) is 5.02 Å². The molecule has 0 spiro atoms. The molecule has 0 saturated heterocycles. The van der Waals surface area contributed by atoms with E-state index in [2.05, 4.69) is 5.32 Å². The number of hydrogen-bond acceptors (Lipinski definition) is 3. The Kier molecular flexibility index (Phi) is 3.76. The molecule has 1 aliphatic carbocycles. The number of hydrogen-bond donors (Lipinski definition) is 1. The first-order valence-corrected chi connectivity index (χ1v) is 8.36. The molecule has 0 bridgehead atoms. The van der Waals surface area contributed by atoms with Crippen LogP contribution in [0.15, 0.2) is 42.5 Å². The fourth-order valence-electron chi connectivity index (χ4n) is 3.49. The zero-order valence-electron chi connectivity index (χ0n) is 13.3. The topological polar surface area (TPSA) is 55.4 Å². The lowest BCUT2D eigenvalue weighted by Crippen LogP contribution is -2.35. The summed E-state index contributed by atoms with van der Waals surface area (Å²) in [5, 5.41) is 3.27. The van der Waals surface area contributed by atoms with Crippen LogP contribution in [0.1, 0.15) is 30.0 Å². The van der Waals surface area contributed by atoms with Crippen molar-refractivity contribution in [3.8, 4) is 5.75 Å². The molecule has 128 valence electrons. The molecule has 1 saturated carbocycles. The highest BCUT2D eigenvalue weighted by Gasteiger charge is 2.62. The quantitative estimate of drug-likeness (QED) is 0.910. The van der Waals surface area contributed by atoms with E-state index in [4.69, 9.17) is 16.3 Å². The zero-order chi connectivity index (χ0) is 17.7. The zero-order valence-corrected chi connectivity index (χ0v) is 14.1. The molecule has 1 heterocycles. The van der Waals surface area contributed by atoms with Gasteiger partial charge in [-0.3, -0.25) is 9.59 Å². The number of carbonyl (C=O) groups excluding carboxylic acids is 2. The summed E-state index contributed by atoms with van der Waals surface area (Å²) in [6.07, 6.45) is -0.288. The number of carbonyl (C=O) groups is 2. The second-order valence-corrected chi connectivity index (χ2v) is 6.86. The van der Waals surface area contributed by atoms with Gasteiger partial charge in [-0.15, -0.1) is 0 Å². The number of ether oxygens (including phenoxy) is 1.